The SMILES string of the molecule is CCc1cccc2c(/C=C3\C(=O)N(C)c4ccccc43)cn(CC(=O)N3CCOCC3)c12. The number of carbonyl (C=O) groups excluding carboxylic acids is 2. The summed E-state index contributed by atoms with van der Waals surface area (Å²) in [7, 11) is 1.81. The number of ether oxygens (including phenoxy) is 1. The number of carbonyl (C=O) groups is 2. The highest BCUT2D eigenvalue weighted by Gasteiger charge is 2.29. The first-order valence-electron chi connectivity index (χ1n) is 11.1. The summed E-state index contributed by atoms with van der Waals surface area (Å²) in [5, 5.41) is 1.06. The fraction of sp³-hybridized carbons (Fsp3) is 0.308. The average molecular weight is 430 g/mol. The molecule has 6 heteroatoms. The van der Waals surface area contributed by atoms with Crippen molar-refractivity contribution in [1.82, 2.24) is 9.47 Å². The van der Waals surface area contributed by atoms with Gasteiger partial charge in [0.2, 0.25) is 5.91 Å². The number of anilines is 1. The first kappa shape index (κ1) is 20.5. The van der Waals surface area contributed by atoms with Gasteiger partial charge in [-0.25, -0.2) is 0 Å². The summed E-state index contributed by atoms with van der Waals surface area (Å²) in [6.45, 7) is 4.84. The predicted molar refractivity (Wildman–Crippen MR) is 126 cm³/mol. The van der Waals surface area contributed by atoms with Gasteiger partial charge in [0.15, 0.2) is 0 Å². The molecule has 1 saturated heterocycles. The van der Waals surface area contributed by atoms with Crippen molar-refractivity contribution in [3.05, 3.63) is 65.4 Å². The molecule has 2 aliphatic rings. The number of nitrogens with zero attached hydrogens (tertiary/aromatic N) is 3. The van der Waals surface area contributed by atoms with E-state index >= 15 is 0 Å². The van der Waals surface area contributed by atoms with E-state index in [1.165, 1.54) is 5.56 Å². The van der Waals surface area contributed by atoms with Crippen LogP contribution in [0.15, 0.2) is 48.7 Å². The molecule has 0 N–H and O–H groups in total. The van der Waals surface area contributed by atoms with Crippen molar-refractivity contribution in [2.45, 2.75) is 19.9 Å². The lowest BCUT2D eigenvalue weighted by molar-refractivity contribution is -0.135. The van der Waals surface area contributed by atoms with Gasteiger partial charge in [-0.3, -0.25) is 9.59 Å². The molecule has 2 aliphatic heterocycles. The van der Waals surface area contributed by atoms with Gasteiger partial charge in [-0.1, -0.05) is 43.3 Å². The van der Waals surface area contributed by atoms with Crippen molar-refractivity contribution in [2.24, 2.45) is 0 Å². The topological polar surface area (TPSA) is 54.8 Å². The molecule has 2 amide bonds. The molecular weight excluding hydrogens is 402 g/mol. The second-order valence-corrected chi connectivity index (χ2v) is 8.31. The summed E-state index contributed by atoms with van der Waals surface area (Å²) >= 11 is 0. The summed E-state index contributed by atoms with van der Waals surface area (Å²) in [5.41, 5.74) is 5.76. The molecular formula is C26H27N3O3. The van der Waals surface area contributed by atoms with E-state index in [4.69, 9.17) is 4.74 Å². The third-order valence-electron chi connectivity index (χ3n) is 6.45. The van der Waals surface area contributed by atoms with Crippen molar-refractivity contribution < 1.29 is 14.3 Å². The fourth-order valence-corrected chi connectivity index (χ4v) is 4.74. The van der Waals surface area contributed by atoms with Gasteiger partial charge in [-0.05, 0) is 24.1 Å². The van der Waals surface area contributed by atoms with Crippen LogP contribution >= 0.6 is 0 Å². The molecule has 0 aliphatic carbocycles. The number of likely N-dealkylation sites (N-methyl/N-ethyl adjacent to an activating group) is 1. The van der Waals surface area contributed by atoms with Crippen LogP contribution in [0.25, 0.3) is 22.6 Å². The summed E-state index contributed by atoms with van der Waals surface area (Å²) in [5.74, 6) is 0.0838. The Bertz CT molecular complexity index is 1230. The number of hydrogen-bond acceptors (Lipinski definition) is 3. The van der Waals surface area contributed by atoms with Crippen LogP contribution in [0.4, 0.5) is 5.69 Å². The number of aromatic nitrogens is 1. The highest BCUT2D eigenvalue weighted by molar-refractivity contribution is 6.36. The van der Waals surface area contributed by atoms with Gasteiger partial charge in [0, 0.05) is 48.4 Å². The van der Waals surface area contributed by atoms with E-state index in [1.807, 2.05) is 59.1 Å². The van der Waals surface area contributed by atoms with Crippen LogP contribution in [-0.4, -0.2) is 54.6 Å². The van der Waals surface area contributed by atoms with Crippen LogP contribution in [0.5, 0.6) is 0 Å². The molecule has 5 rings (SSSR count). The lowest BCUT2D eigenvalue weighted by Gasteiger charge is -2.27. The highest BCUT2D eigenvalue weighted by atomic mass is 16.5. The second kappa shape index (κ2) is 8.28. The van der Waals surface area contributed by atoms with Gasteiger partial charge >= 0.3 is 0 Å². The van der Waals surface area contributed by atoms with E-state index in [2.05, 4.69) is 19.1 Å². The fourth-order valence-electron chi connectivity index (χ4n) is 4.74. The maximum Gasteiger partial charge on any atom is 0.258 e. The molecule has 0 saturated carbocycles. The Labute approximate surface area is 187 Å². The summed E-state index contributed by atoms with van der Waals surface area (Å²) < 4.78 is 7.44. The predicted octanol–water partition coefficient (Wildman–Crippen LogP) is 3.58. The number of morpholine rings is 1. The monoisotopic (exact) mass is 429 g/mol. The Morgan fingerprint density at radius 2 is 1.88 bits per heavy atom. The molecule has 0 unspecified atom stereocenters. The van der Waals surface area contributed by atoms with Crippen molar-refractivity contribution in [3.63, 3.8) is 0 Å². The maximum absolute atomic E-state index is 13.0. The minimum atomic E-state index is -0.0110. The van der Waals surface area contributed by atoms with E-state index in [9.17, 15) is 9.59 Å². The number of rotatable bonds is 4. The molecule has 1 aromatic heterocycles. The molecule has 2 aromatic carbocycles. The van der Waals surface area contributed by atoms with Crippen LogP contribution in [0.1, 0.15) is 23.6 Å². The summed E-state index contributed by atoms with van der Waals surface area (Å²) in [6.07, 6.45) is 4.86. The van der Waals surface area contributed by atoms with E-state index in [-0.39, 0.29) is 18.4 Å². The van der Waals surface area contributed by atoms with Crippen LogP contribution in [0.3, 0.4) is 0 Å². The quantitative estimate of drug-likeness (QED) is 0.596. The number of benzene rings is 2. The largest absolute Gasteiger partial charge is 0.378 e. The minimum Gasteiger partial charge on any atom is -0.378 e. The van der Waals surface area contributed by atoms with Crippen LogP contribution in [0, 0.1) is 0 Å². The molecule has 32 heavy (non-hydrogen) atoms. The standard InChI is InChI=1S/C26H27N3O3/c1-3-18-7-6-9-20-19(15-22-21-8-4-5-10-23(21)27(2)26(22)31)16-29(25(18)20)17-24(30)28-11-13-32-14-12-28/h4-10,15-16H,3,11-14,17H2,1-2H3/b22-15-. The molecule has 3 aromatic rings. The van der Waals surface area contributed by atoms with Crippen LogP contribution < -0.4 is 4.90 Å². The lowest BCUT2D eigenvalue weighted by atomic mass is 10.0. The Balaban J connectivity index is 1.60. The molecule has 0 bridgehead atoms. The minimum absolute atomic E-state index is 0.0110. The van der Waals surface area contributed by atoms with Gasteiger partial charge in [-0.15, -0.1) is 0 Å². The highest BCUT2D eigenvalue weighted by Crippen LogP contribution is 2.38. The number of amides is 2. The first-order valence-corrected chi connectivity index (χ1v) is 11.1. The van der Waals surface area contributed by atoms with Crippen molar-refractivity contribution in [1.29, 1.82) is 0 Å². The molecule has 0 radical (unpaired) electrons. The van der Waals surface area contributed by atoms with Crippen molar-refractivity contribution in [2.75, 3.05) is 38.3 Å². The second-order valence-electron chi connectivity index (χ2n) is 8.31. The molecule has 6 nitrogen and oxygen atoms in total. The molecule has 0 spiro atoms. The molecule has 164 valence electrons. The number of aryl methyl sites for hydroxylation is 1. The number of fused-ring (bicyclic) bond motifs is 2. The third kappa shape index (κ3) is 3.41. The Morgan fingerprint density at radius 1 is 1.09 bits per heavy atom. The molecule has 3 heterocycles. The third-order valence-corrected chi connectivity index (χ3v) is 6.45. The van der Waals surface area contributed by atoms with Crippen LogP contribution in [0.2, 0.25) is 0 Å². The van der Waals surface area contributed by atoms with E-state index in [0.717, 1.165) is 34.1 Å². The molecule has 0 atom stereocenters. The Hall–Kier alpha value is -3.38. The Kier molecular flexibility index (Phi) is 5.31. The normalized spacial score (nSPS) is 17.4. The maximum atomic E-state index is 13.0. The Morgan fingerprint density at radius 3 is 2.66 bits per heavy atom. The van der Waals surface area contributed by atoms with E-state index in [0.29, 0.717) is 31.9 Å². The number of hydrogen-bond donors (Lipinski definition) is 0. The zero-order valence-electron chi connectivity index (χ0n) is 18.5. The number of para-hydroxylation sites is 2. The van der Waals surface area contributed by atoms with E-state index < -0.39 is 0 Å². The van der Waals surface area contributed by atoms with Gasteiger partial charge in [-0.2, -0.15) is 0 Å². The zero-order chi connectivity index (χ0) is 22.2. The van der Waals surface area contributed by atoms with Gasteiger partial charge in [0.25, 0.3) is 5.91 Å². The lowest BCUT2D eigenvalue weighted by Crippen LogP contribution is -2.42. The van der Waals surface area contributed by atoms with Gasteiger partial charge in [0.05, 0.1) is 24.4 Å². The average Bonchev–Trinajstić information content (AvgIpc) is 3.30. The zero-order valence-corrected chi connectivity index (χ0v) is 18.5. The van der Waals surface area contributed by atoms with Crippen molar-refractivity contribution >= 4 is 40.1 Å². The summed E-state index contributed by atoms with van der Waals surface area (Å²) in [6, 6.07) is 14.1. The van der Waals surface area contributed by atoms with Gasteiger partial charge < -0.3 is 19.1 Å². The summed E-state index contributed by atoms with van der Waals surface area (Å²) in [4.78, 5) is 29.6. The van der Waals surface area contributed by atoms with Gasteiger partial charge in [0.1, 0.15) is 6.54 Å². The molecule has 1 fully saturated rings. The van der Waals surface area contributed by atoms with E-state index in [1.54, 1.807) is 4.90 Å². The van der Waals surface area contributed by atoms with Crippen molar-refractivity contribution in [3.8, 4) is 0 Å². The first-order chi connectivity index (χ1) is 15.6. The smallest absolute Gasteiger partial charge is 0.258 e. The van der Waals surface area contributed by atoms with Crippen LogP contribution in [-0.2, 0) is 27.3 Å².